The molecule has 1 atom stereocenters. The predicted octanol–water partition coefficient (Wildman–Crippen LogP) is 2.40. The molecule has 0 saturated carbocycles. The van der Waals surface area contributed by atoms with Crippen LogP contribution >= 0.6 is 0 Å². The van der Waals surface area contributed by atoms with Gasteiger partial charge in [-0.1, -0.05) is 19.4 Å². The average Bonchev–Trinajstić information content (AvgIpc) is 3.23. The minimum atomic E-state index is 0.0940. The van der Waals surface area contributed by atoms with Crippen LogP contribution < -0.4 is 21.3 Å². The van der Waals surface area contributed by atoms with Crippen LogP contribution in [0.3, 0.4) is 0 Å². The number of piperidine rings is 1. The van der Waals surface area contributed by atoms with Gasteiger partial charge in [0.1, 0.15) is 5.82 Å². The SMILES string of the molecule is CCC[C@@H](CCO)Nc1nc(N)c2ncc(Cc3cnc(N4CCC(CNC)CC4)c(C)c3)n2n1. The third kappa shape index (κ3) is 5.99. The van der Waals surface area contributed by atoms with Crippen molar-refractivity contribution in [2.24, 2.45) is 5.92 Å². The number of nitrogens with two attached hydrogens (primary N) is 1. The van der Waals surface area contributed by atoms with Crippen molar-refractivity contribution in [2.45, 2.75) is 58.4 Å². The van der Waals surface area contributed by atoms with Gasteiger partial charge in [-0.05, 0) is 63.2 Å². The molecule has 1 aliphatic heterocycles. The first-order valence-electron chi connectivity index (χ1n) is 12.7. The zero-order valence-electron chi connectivity index (χ0n) is 21.2. The fourth-order valence-electron chi connectivity index (χ4n) is 5.01. The van der Waals surface area contributed by atoms with Gasteiger partial charge in [0.05, 0.1) is 11.9 Å². The van der Waals surface area contributed by atoms with Crippen LogP contribution in [0.2, 0.25) is 0 Å². The first kappa shape index (κ1) is 25.1. The highest BCUT2D eigenvalue weighted by Gasteiger charge is 2.21. The molecule has 0 aromatic carbocycles. The Labute approximate surface area is 207 Å². The van der Waals surface area contributed by atoms with Gasteiger partial charge in [-0.3, -0.25) is 0 Å². The Hall–Kier alpha value is -2.98. The molecule has 0 bridgehead atoms. The van der Waals surface area contributed by atoms with Crippen LogP contribution in [0.4, 0.5) is 17.6 Å². The summed E-state index contributed by atoms with van der Waals surface area (Å²) in [5.74, 6) is 2.62. The third-order valence-corrected chi connectivity index (χ3v) is 6.81. The second kappa shape index (κ2) is 11.6. The lowest BCUT2D eigenvalue weighted by Gasteiger charge is -2.33. The number of aromatic nitrogens is 5. The van der Waals surface area contributed by atoms with Crippen molar-refractivity contribution in [3.05, 3.63) is 35.3 Å². The molecular formula is C25H39N9O. The molecule has 1 aliphatic rings. The molecule has 5 N–H and O–H groups in total. The van der Waals surface area contributed by atoms with Crippen molar-refractivity contribution in [1.82, 2.24) is 29.9 Å². The van der Waals surface area contributed by atoms with Gasteiger partial charge in [0.25, 0.3) is 0 Å². The molecule has 4 heterocycles. The van der Waals surface area contributed by atoms with E-state index in [1.807, 2.05) is 13.2 Å². The topological polar surface area (TPSA) is 130 Å². The molecule has 1 fully saturated rings. The fourth-order valence-corrected chi connectivity index (χ4v) is 5.01. The molecule has 10 heteroatoms. The quantitative estimate of drug-likeness (QED) is 0.326. The van der Waals surface area contributed by atoms with Crippen LogP contribution in [0, 0.1) is 12.8 Å². The summed E-state index contributed by atoms with van der Waals surface area (Å²) in [4.78, 5) is 16.1. The van der Waals surface area contributed by atoms with E-state index in [1.165, 1.54) is 18.4 Å². The van der Waals surface area contributed by atoms with Gasteiger partial charge >= 0.3 is 0 Å². The number of imidazole rings is 1. The van der Waals surface area contributed by atoms with E-state index in [0.717, 1.165) is 55.5 Å². The molecule has 0 amide bonds. The fraction of sp³-hybridized carbons (Fsp3) is 0.600. The van der Waals surface area contributed by atoms with Crippen molar-refractivity contribution in [1.29, 1.82) is 0 Å². The summed E-state index contributed by atoms with van der Waals surface area (Å²) >= 11 is 0. The zero-order valence-corrected chi connectivity index (χ0v) is 21.2. The number of aliphatic hydroxyl groups excluding tert-OH is 1. The summed E-state index contributed by atoms with van der Waals surface area (Å²) in [7, 11) is 2.03. The minimum absolute atomic E-state index is 0.0940. The Balaban J connectivity index is 1.50. The van der Waals surface area contributed by atoms with E-state index in [2.05, 4.69) is 50.5 Å². The maximum atomic E-state index is 9.37. The Morgan fingerprint density at radius 3 is 2.69 bits per heavy atom. The molecular weight excluding hydrogens is 442 g/mol. The second-order valence-electron chi connectivity index (χ2n) is 9.60. The van der Waals surface area contributed by atoms with Crippen LogP contribution in [-0.2, 0) is 6.42 Å². The van der Waals surface area contributed by atoms with Gasteiger partial charge in [-0.25, -0.2) is 14.5 Å². The number of anilines is 3. The largest absolute Gasteiger partial charge is 0.396 e. The highest BCUT2D eigenvalue weighted by atomic mass is 16.3. The number of pyridine rings is 1. The molecule has 35 heavy (non-hydrogen) atoms. The molecule has 3 aromatic heterocycles. The van der Waals surface area contributed by atoms with Crippen molar-refractivity contribution < 1.29 is 5.11 Å². The van der Waals surface area contributed by atoms with E-state index in [0.29, 0.717) is 30.3 Å². The smallest absolute Gasteiger partial charge is 0.243 e. The maximum absolute atomic E-state index is 9.37. The van der Waals surface area contributed by atoms with Crippen molar-refractivity contribution in [2.75, 3.05) is 49.2 Å². The molecule has 3 aromatic rings. The molecule has 0 spiro atoms. The lowest BCUT2D eigenvalue weighted by molar-refractivity contribution is 0.276. The van der Waals surface area contributed by atoms with E-state index < -0.39 is 0 Å². The molecule has 0 unspecified atom stereocenters. The lowest BCUT2D eigenvalue weighted by Crippen LogP contribution is -2.37. The monoisotopic (exact) mass is 481 g/mol. The molecule has 1 saturated heterocycles. The number of aryl methyl sites for hydroxylation is 1. The van der Waals surface area contributed by atoms with Gasteiger partial charge in [-0.15, -0.1) is 5.10 Å². The highest BCUT2D eigenvalue weighted by Crippen LogP contribution is 2.25. The van der Waals surface area contributed by atoms with Crippen LogP contribution in [0.5, 0.6) is 0 Å². The van der Waals surface area contributed by atoms with Crippen molar-refractivity contribution in [3.63, 3.8) is 0 Å². The Morgan fingerprint density at radius 2 is 2.00 bits per heavy atom. The van der Waals surface area contributed by atoms with E-state index in [9.17, 15) is 5.11 Å². The zero-order chi connectivity index (χ0) is 24.8. The van der Waals surface area contributed by atoms with Crippen LogP contribution in [-0.4, -0.2) is 69.0 Å². The summed E-state index contributed by atoms with van der Waals surface area (Å²) in [5, 5.41) is 20.7. The summed E-state index contributed by atoms with van der Waals surface area (Å²) in [6.45, 7) is 7.55. The van der Waals surface area contributed by atoms with Gasteiger partial charge in [0.15, 0.2) is 11.5 Å². The van der Waals surface area contributed by atoms with Crippen LogP contribution in [0.15, 0.2) is 18.5 Å². The first-order valence-corrected chi connectivity index (χ1v) is 12.7. The molecule has 0 aliphatic carbocycles. The summed E-state index contributed by atoms with van der Waals surface area (Å²) in [6.07, 6.45) is 9.35. The average molecular weight is 482 g/mol. The number of hydrogen-bond acceptors (Lipinski definition) is 9. The lowest BCUT2D eigenvalue weighted by atomic mass is 9.96. The Bertz CT molecular complexity index is 1100. The summed E-state index contributed by atoms with van der Waals surface area (Å²) in [5.41, 5.74) is 9.96. The third-order valence-electron chi connectivity index (χ3n) is 6.81. The normalized spacial score (nSPS) is 15.6. The number of fused-ring (bicyclic) bond motifs is 1. The number of aliphatic hydroxyl groups is 1. The number of nitrogen functional groups attached to an aromatic ring is 1. The predicted molar refractivity (Wildman–Crippen MR) is 140 cm³/mol. The van der Waals surface area contributed by atoms with E-state index in [4.69, 9.17) is 10.7 Å². The van der Waals surface area contributed by atoms with Gasteiger partial charge in [0, 0.05) is 38.4 Å². The van der Waals surface area contributed by atoms with E-state index in [-0.39, 0.29) is 12.6 Å². The molecule has 0 radical (unpaired) electrons. The maximum Gasteiger partial charge on any atom is 0.243 e. The molecule has 10 nitrogen and oxygen atoms in total. The minimum Gasteiger partial charge on any atom is -0.396 e. The molecule has 190 valence electrons. The van der Waals surface area contributed by atoms with Crippen LogP contribution in [0.25, 0.3) is 5.65 Å². The van der Waals surface area contributed by atoms with E-state index in [1.54, 1.807) is 10.7 Å². The van der Waals surface area contributed by atoms with Gasteiger partial charge in [-0.2, -0.15) is 4.98 Å². The Kier molecular flexibility index (Phi) is 8.35. The number of rotatable bonds is 11. The van der Waals surface area contributed by atoms with Gasteiger partial charge < -0.3 is 26.4 Å². The van der Waals surface area contributed by atoms with Gasteiger partial charge in [0.2, 0.25) is 5.95 Å². The number of nitrogens with zero attached hydrogens (tertiary/aromatic N) is 6. The second-order valence-corrected chi connectivity index (χ2v) is 9.60. The number of nitrogens with one attached hydrogen (secondary N) is 2. The first-order chi connectivity index (χ1) is 17.0. The number of hydrogen-bond donors (Lipinski definition) is 4. The van der Waals surface area contributed by atoms with Crippen LogP contribution in [0.1, 0.15) is 55.8 Å². The summed E-state index contributed by atoms with van der Waals surface area (Å²) in [6, 6.07) is 2.31. The standard InChI is InChI=1S/C25H39N9O/c1-4-5-20(8-11-35)30-25-31-22(26)24-29-16-21(34(24)32-25)13-19-12-17(2)23(28-15-19)33-9-6-18(7-10-33)14-27-3/h12,15-16,18,20,27,35H,4-11,13-14H2,1-3H3,(H3,26,30,31,32)/t20-/m0/s1. The van der Waals surface area contributed by atoms with Crippen molar-refractivity contribution in [3.8, 4) is 0 Å². The molecule has 4 rings (SSSR count). The van der Waals surface area contributed by atoms with Crippen molar-refractivity contribution >= 4 is 23.2 Å². The Morgan fingerprint density at radius 1 is 1.20 bits per heavy atom. The summed E-state index contributed by atoms with van der Waals surface area (Å²) < 4.78 is 1.77. The van der Waals surface area contributed by atoms with E-state index >= 15 is 0 Å². The highest BCUT2D eigenvalue weighted by molar-refractivity contribution is 5.61.